The average molecular weight is 194 g/mol. The standard InChI is InChI=1S/C7H6N4OS/c12-3-7-1-8-5-11(7)2-6-4-13-10-9-6/h1,3-5H,2H2. The number of carbonyl (C=O) groups is 1. The number of carbonyl (C=O) groups excluding carboxylic acids is 1. The van der Waals surface area contributed by atoms with Crippen LogP contribution in [0, 0.1) is 0 Å². The van der Waals surface area contributed by atoms with Crippen LogP contribution in [-0.4, -0.2) is 25.4 Å². The van der Waals surface area contributed by atoms with E-state index in [1.165, 1.54) is 17.7 Å². The van der Waals surface area contributed by atoms with Crippen LogP contribution in [0.2, 0.25) is 0 Å². The minimum absolute atomic E-state index is 0.546. The van der Waals surface area contributed by atoms with Gasteiger partial charge in [0.25, 0.3) is 0 Å². The molecule has 0 fully saturated rings. The maximum Gasteiger partial charge on any atom is 0.168 e. The highest BCUT2D eigenvalue weighted by Crippen LogP contribution is 2.03. The molecule has 0 bridgehead atoms. The van der Waals surface area contributed by atoms with Gasteiger partial charge in [-0.1, -0.05) is 4.49 Å². The molecule has 2 rings (SSSR count). The Morgan fingerprint density at radius 2 is 2.54 bits per heavy atom. The molecule has 2 aromatic heterocycles. The molecule has 5 nitrogen and oxygen atoms in total. The number of rotatable bonds is 3. The van der Waals surface area contributed by atoms with Crippen LogP contribution in [0.25, 0.3) is 0 Å². The normalized spacial score (nSPS) is 10.2. The molecule has 13 heavy (non-hydrogen) atoms. The van der Waals surface area contributed by atoms with Crippen LogP contribution in [-0.2, 0) is 6.54 Å². The fourth-order valence-electron chi connectivity index (χ4n) is 0.989. The number of hydrogen-bond donors (Lipinski definition) is 0. The highest BCUT2D eigenvalue weighted by atomic mass is 32.1. The van der Waals surface area contributed by atoms with E-state index in [-0.39, 0.29) is 0 Å². The molecule has 0 saturated heterocycles. The van der Waals surface area contributed by atoms with Gasteiger partial charge in [0.15, 0.2) is 6.29 Å². The van der Waals surface area contributed by atoms with Gasteiger partial charge < -0.3 is 4.57 Å². The van der Waals surface area contributed by atoms with E-state index in [9.17, 15) is 4.79 Å². The predicted molar refractivity (Wildman–Crippen MR) is 46.6 cm³/mol. The molecule has 0 unspecified atom stereocenters. The second-order valence-electron chi connectivity index (χ2n) is 2.46. The van der Waals surface area contributed by atoms with Crippen LogP contribution in [0.3, 0.4) is 0 Å². The van der Waals surface area contributed by atoms with Crippen LogP contribution < -0.4 is 0 Å². The number of hydrogen-bond acceptors (Lipinski definition) is 5. The summed E-state index contributed by atoms with van der Waals surface area (Å²) < 4.78 is 5.45. The number of nitrogens with zero attached hydrogens (tertiary/aromatic N) is 4. The van der Waals surface area contributed by atoms with Crippen LogP contribution in [0.1, 0.15) is 16.2 Å². The zero-order valence-electron chi connectivity index (χ0n) is 6.62. The van der Waals surface area contributed by atoms with Gasteiger partial charge in [0.2, 0.25) is 0 Å². The van der Waals surface area contributed by atoms with E-state index in [0.717, 1.165) is 12.0 Å². The van der Waals surface area contributed by atoms with Crippen molar-refractivity contribution in [2.24, 2.45) is 0 Å². The summed E-state index contributed by atoms with van der Waals surface area (Å²) in [6, 6.07) is 0. The first-order valence-corrected chi connectivity index (χ1v) is 4.45. The number of aromatic nitrogens is 4. The lowest BCUT2D eigenvalue weighted by Crippen LogP contribution is -2.02. The summed E-state index contributed by atoms with van der Waals surface area (Å²) in [6.45, 7) is 0.546. The summed E-state index contributed by atoms with van der Waals surface area (Å²) in [6.07, 6.45) is 3.89. The fraction of sp³-hybridized carbons (Fsp3) is 0.143. The molecule has 2 heterocycles. The van der Waals surface area contributed by atoms with Gasteiger partial charge in [0, 0.05) is 5.38 Å². The topological polar surface area (TPSA) is 60.7 Å². The van der Waals surface area contributed by atoms with Gasteiger partial charge in [-0.3, -0.25) is 4.79 Å². The molecule has 66 valence electrons. The van der Waals surface area contributed by atoms with Crippen molar-refractivity contribution >= 4 is 17.8 Å². The molecule has 0 saturated carbocycles. The zero-order chi connectivity index (χ0) is 9.10. The van der Waals surface area contributed by atoms with Gasteiger partial charge in [-0.2, -0.15) is 0 Å². The SMILES string of the molecule is O=Cc1cncn1Cc1csnn1. The van der Waals surface area contributed by atoms with Crippen LogP contribution in [0.15, 0.2) is 17.9 Å². The third kappa shape index (κ3) is 1.62. The largest absolute Gasteiger partial charge is 0.322 e. The summed E-state index contributed by atoms with van der Waals surface area (Å²) in [4.78, 5) is 14.4. The van der Waals surface area contributed by atoms with Crippen molar-refractivity contribution in [3.05, 3.63) is 29.3 Å². The Labute approximate surface area is 78.2 Å². The molecule has 0 aromatic carbocycles. The lowest BCUT2D eigenvalue weighted by molar-refractivity contribution is 0.111. The average Bonchev–Trinajstić information content (AvgIpc) is 2.76. The molecule has 0 amide bonds. The molecular weight excluding hydrogens is 188 g/mol. The van der Waals surface area contributed by atoms with E-state index in [1.54, 1.807) is 10.9 Å². The molecule has 2 aromatic rings. The van der Waals surface area contributed by atoms with Gasteiger partial charge in [0.1, 0.15) is 5.69 Å². The van der Waals surface area contributed by atoms with E-state index in [4.69, 9.17) is 0 Å². The minimum atomic E-state index is 0.546. The smallest absolute Gasteiger partial charge is 0.168 e. The Morgan fingerprint density at radius 1 is 1.62 bits per heavy atom. The molecule has 0 aliphatic carbocycles. The van der Waals surface area contributed by atoms with E-state index in [2.05, 4.69) is 14.6 Å². The van der Waals surface area contributed by atoms with Gasteiger partial charge in [-0.25, -0.2) is 4.98 Å². The fourth-order valence-corrected chi connectivity index (χ4v) is 1.43. The lowest BCUT2D eigenvalue weighted by atomic mass is 10.4. The van der Waals surface area contributed by atoms with Gasteiger partial charge in [-0.15, -0.1) is 5.10 Å². The van der Waals surface area contributed by atoms with Crippen molar-refractivity contribution in [1.82, 2.24) is 19.1 Å². The Morgan fingerprint density at radius 3 is 3.23 bits per heavy atom. The quantitative estimate of drug-likeness (QED) is 0.671. The van der Waals surface area contributed by atoms with Gasteiger partial charge in [0.05, 0.1) is 24.8 Å². The van der Waals surface area contributed by atoms with Crippen molar-refractivity contribution in [3.63, 3.8) is 0 Å². The monoisotopic (exact) mass is 194 g/mol. The second kappa shape index (κ2) is 3.44. The second-order valence-corrected chi connectivity index (χ2v) is 3.07. The molecule has 0 radical (unpaired) electrons. The van der Waals surface area contributed by atoms with Gasteiger partial charge >= 0.3 is 0 Å². The summed E-state index contributed by atoms with van der Waals surface area (Å²) >= 11 is 1.29. The third-order valence-electron chi connectivity index (χ3n) is 1.60. The maximum absolute atomic E-state index is 10.5. The third-order valence-corrected chi connectivity index (χ3v) is 2.16. The molecule has 0 aliphatic rings. The van der Waals surface area contributed by atoms with Crippen LogP contribution in [0.5, 0.6) is 0 Å². The lowest BCUT2D eigenvalue weighted by Gasteiger charge is -1.98. The maximum atomic E-state index is 10.5. The molecule has 0 spiro atoms. The van der Waals surface area contributed by atoms with E-state index in [1.807, 2.05) is 5.38 Å². The van der Waals surface area contributed by atoms with Crippen molar-refractivity contribution < 1.29 is 4.79 Å². The Bertz CT molecular complexity index is 394. The molecule has 6 heteroatoms. The van der Waals surface area contributed by atoms with Crippen molar-refractivity contribution in [2.75, 3.05) is 0 Å². The first-order chi connectivity index (χ1) is 6.40. The Hall–Kier alpha value is -1.56. The van der Waals surface area contributed by atoms with Crippen LogP contribution >= 0.6 is 11.5 Å². The van der Waals surface area contributed by atoms with E-state index >= 15 is 0 Å². The highest BCUT2D eigenvalue weighted by molar-refractivity contribution is 7.03. The van der Waals surface area contributed by atoms with Crippen molar-refractivity contribution in [3.8, 4) is 0 Å². The minimum Gasteiger partial charge on any atom is -0.322 e. The highest BCUT2D eigenvalue weighted by Gasteiger charge is 2.02. The summed E-state index contributed by atoms with van der Waals surface area (Å²) in [5.74, 6) is 0. The Kier molecular flexibility index (Phi) is 2.13. The molecule has 0 atom stereocenters. The first-order valence-electron chi connectivity index (χ1n) is 3.61. The molecule has 0 N–H and O–H groups in total. The zero-order valence-corrected chi connectivity index (χ0v) is 7.44. The van der Waals surface area contributed by atoms with Crippen LogP contribution in [0.4, 0.5) is 0 Å². The van der Waals surface area contributed by atoms with Crippen molar-refractivity contribution in [1.29, 1.82) is 0 Å². The predicted octanol–water partition coefficient (Wildman–Crippen LogP) is 0.595. The van der Waals surface area contributed by atoms with E-state index in [0.29, 0.717) is 12.2 Å². The summed E-state index contributed by atoms with van der Waals surface area (Å²) in [5.41, 5.74) is 1.39. The number of imidazole rings is 1. The summed E-state index contributed by atoms with van der Waals surface area (Å²) in [5, 5.41) is 5.71. The van der Waals surface area contributed by atoms with E-state index < -0.39 is 0 Å². The molecule has 0 aliphatic heterocycles. The Balaban J connectivity index is 2.23. The number of aldehydes is 1. The summed E-state index contributed by atoms with van der Waals surface area (Å²) in [7, 11) is 0. The molecular formula is C7H6N4OS. The van der Waals surface area contributed by atoms with Crippen molar-refractivity contribution in [2.45, 2.75) is 6.54 Å². The first kappa shape index (κ1) is 8.06. The van der Waals surface area contributed by atoms with Gasteiger partial charge in [-0.05, 0) is 11.5 Å².